The smallest absolute Gasteiger partial charge is 0.290 e. The van der Waals surface area contributed by atoms with Gasteiger partial charge in [-0.05, 0) is 49.6 Å². The number of furan rings is 1. The summed E-state index contributed by atoms with van der Waals surface area (Å²) in [5, 5.41) is 11.7. The monoisotopic (exact) mass is 431 g/mol. The van der Waals surface area contributed by atoms with Crippen molar-refractivity contribution in [3.63, 3.8) is 0 Å². The Morgan fingerprint density at radius 1 is 1.12 bits per heavy atom. The summed E-state index contributed by atoms with van der Waals surface area (Å²) in [7, 11) is 0. The summed E-state index contributed by atoms with van der Waals surface area (Å²) < 4.78 is 11.3. The number of hydrogen-bond acceptors (Lipinski definition) is 5. The first-order valence-electron chi connectivity index (χ1n) is 11.1. The Balaban J connectivity index is 1.58. The van der Waals surface area contributed by atoms with Gasteiger partial charge < -0.3 is 19.2 Å². The average molecular weight is 431 g/mol. The summed E-state index contributed by atoms with van der Waals surface area (Å²) in [5.74, 6) is -0.612. The third-order valence-corrected chi connectivity index (χ3v) is 6.36. The molecule has 32 heavy (non-hydrogen) atoms. The second kappa shape index (κ2) is 8.19. The van der Waals surface area contributed by atoms with Gasteiger partial charge in [0.1, 0.15) is 11.3 Å². The molecule has 1 aliphatic heterocycles. The van der Waals surface area contributed by atoms with Gasteiger partial charge in [0.05, 0.1) is 18.2 Å². The lowest BCUT2D eigenvalue weighted by atomic mass is 9.94. The van der Waals surface area contributed by atoms with E-state index in [4.69, 9.17) is 9.15 Å². The number of rotatable bonds is 6. The Kier molecular flexibility index (Phi) is 5.21. The number of nitrogens with zero attached hydrogens (tertiary/aromatic N) is 1. The quantitative estimate of drug-likeness (QED) is 0.532. The van der Waals surface area contributed by atoms with E-state index in [1.54, 1.807) is 17.0 Å². The van der Waals surface area contributed by atoms with E-state index in [1.165, 1.54) is 0 Å². The molecule has 1 atom stereocenters. The zero-order valence-corrected chi connectivity index (χ0v) is 17.9. The van der Waals surface area contributed by atoms with Gasteiger partial charge in [0.15, 0.2) is 11.5 Å². The van der Waals surface area contributed by atoms with Crippen LogP contribution in [-0.2, 0) is 4.79 Å². The lowest BCUT2D eigenvalue weighted by Gasteiger charge is -2.32. The lowest BCUT2D eigenvalue weighted by Crippen LogP contribution is -2.38. The van der Waals surface area contributed by atoms with Crippen LogP contribution in [0.2, 0.25) is 0 Å². The molecule has 0 spiro atoms. The number of ketones is 1. The van der Waals surface area contributed by atoms with Crippen molar-refractivity contribution in [1.29, 1.82) is 0 Å². The number of aliphatic hydroxyl groups is 1. The molecule has 3 aromatic rings. The number of fused-ring (bicyclic) bond motifs is 1. The van der Waals surface area contributed by atoms with Gasteiger partial charge in [-0.1, -0.05) is 43.2 Å². The number of amides is 1. The highest BCUT2D eigenvalue weighted by Crippen LogP contribution is 2.43. The van der Waals surface area contributed by atoms with Gasteiger partial charge in [-0.15, -0.1) is 0 Å². The molecular weight excluding hydrogens is 406 g/mol. The van der Waals surface area contributed by atoms with Crippen LogP contribution in [0.1, 0.15) is 54.8 Å². The van der Waals surface area contributed by atoms with Gasteiger partial charge in [0.2, 0.25) is 5.78 Å². The van der Waals surface area contributed by atoms with Crippen LogP contribution in [0, 0.1) is 0 Å². The Labute approximate surface area is 186 Å². The molecule has 0 radical (unpaired) electrons. The van der Waals surface area contributed by atoms with E-state index < -0.39 is 23.5 Å². The maximum Gasteiger partial charge on any atom is 0.290 e. The van der Waals surface area contributed by atoms with Crippen LogP contribution in [0.4, 0.5) is 0 Å². The summed E-state index contributed by atoms with van der Waals surface area (Å²) >= 11 is 0. The Hall–Kier alpha value is -3.54. The third-order valence-electron chi connectivity index (χ3n) is 6.36. The van der Waals surface area contributed by atoms with Gasteiger partial charge >= 0.3 is 0 Å². The van der Waals surface area contributed by atoms with Gasteiger partial charge in [-0.3, -0.25) is 9.59 Å². The average Bonchev–Trinajstić information content (AvgIpc) is 3.53. The van der Waals surface area contributed by atoms with E-state index in [2.05, 4.69) is 0 Å². The fraction of sp³-hybridized carbons (Fsp3) is 0.308. The number of hydrogen-bond donors (Lipinski definition) is 1. The molecule has 1 saturated carbocycles. The zero-order valence-electron chi connectivity index (χ0n) is 17.9. The van der Waals surface area contributed by atoms with Crippen molar-refractivity contribution in [1.82, 2.24) is 4.90 Å². The fourth-order valence-corrected chi connectivity index (χ4v) is 4.88. The number of carbonyl (C=O) groups excluding carboxylic acids is 2. The van der Waals surface area contributed by atoms with E-state index >= 15 is 0 Å². The highest BCUT2D eigenvalue weighted by atomic mass is 16.5. The Morgan fingerprint density at radius 3 is 2.53 bits per heavy atom. The predicted molar refractivity (Wildman–Crippen MR) is 120 cm³/mol. The molecule has 164 valence electrons. The minimum atomic E-state index is -0.665. The van der Waals surface area contributed by atoms with Crippen molar-refractivity contribution in [2.75, 3.05) is 6.61 Å². The fourth-order valence-electron chi connectivity index (χ4n) is 4.88. The van der Waals surface area contributed by atoms with Crippen LogP contribution >= 0.6 is 0 Å². The summed E-state index contributed by atoms with van der Waals surface area (Å²) in [6.45, 7) is 2.46. The standard InChI is InChI=1S/C26H25NO5/c1-2-31-19-13-11-16(12-14-19)23-22(25(29)26(30)27(23)18-8-4-5-9-18)24(28)21-15-17-7-3-6-10-20(17)32-21/h3,6-7,10-15,18,23,29H,2,4-5,8-9H2,1H3. The molecule has 2 aromatic carbocycles. The number of carbonyl (C=O) groups is 2. The van der Waals surface area contributed by atoms with Crippen LogP contribution in [-0.4, -0.2) is 34.3 Å². The minimum Gasteiger partial charge on any atom is -0.503 e. The molecule has 1 unspecified atom stereocenters. The van der Waals surface area contributed by atoms with E-state index in [9.17, 15) is 14.7 Å². The molecule has 6 nitrogen and oxygen atoms in total. The van der Waals surface area contributed by atoms with Crippen LogP contribution in [0.5, 0.6) is 5.75 Å². The molecule has 5 rings (SSSR count). The molecule has 1 fully saturated rings. The molecule has 1 aromatic heterocycles. The van der Waals surface area contributed by atoms with E-state index in [0.29, 0.717) is 17.9 Å². The second-order valence-corrected chi connectivity index (χ2v) is 8.30. The maximum absolute atomic E-state index is 13.6. The van der Waals surface area contributed by atoms with Crippen LogP contribution < -0.4 is 4.74 Å². The summed E-state index contributed by atoms with van der Waals surface area (Å²) in [5.41, 5.74) is 1.42. The van der Waals surface area contributed by atoms with Gasteiger partial charge in [-0.25, -0.2) is 0 Å². The van der Waals surface area contributed by atoms with Crippen molar-refractivity contribution in [2.45, 2.75) is 44.7 Å². The topological polar surface area (TPSA) is 80.0 Å². The highest BCUT2D eigenvalue weighted by Gasteiger charge is 2.47. The minimum absolute atomic E-state index is 0.0119. The highest BCUT2D eigenvalue weighted by molar-refractivity contribution is 6.16. The first-order valence-corrected chi connectivity index (χ1v) is 11.1. The van der Waals surface area contributed by atoms with Crippen molar-refractivity contribution < 1.29 is 23.8 Å². The second-order valence-electron chi connectivity index (χ2n) is 8.30. The van der Waals surface area contributed by atoms with Crippen molar-refractivity contribution >= 4 is 22.7 Å². The van der Waals surface area contributed by atoms with Crippen LogP contribution in [0.25, 0.3) is 11.0 Å². The zero-order chi connectivity index (χ0) is 22.2. The molecule has 1 aliphatic carbocycles. The maximum atomic E-state index is 13.6. The number of para-hydroxylation sites is 1. The van der Waals surface area contributed by atoms with Gasteiger partial charge in [0.25, 0.3) is 5.91 Å². The molecular formula is C26H25NO5. The molecule has 1 amide bonds. The number of aliphatic hydroxyl groups excluding tert-OH is 1. The molecule has 2 heterocycles. The Bertz CT molecular complexity index is 1170. The summed E-state index contributed by atoms with van der Waals surface area (Å²) in [6.07, 6.45) is 3.77. The van der Waals surface area contributed by atoms with Crippen LogP contribution in [0.3, 0.4) is 0 Å². The van der Waals surface area contributed by atoms with Gasteiger partial charge in [0, 0.05) is 11.4 Å². The van der Waals surface area contributed by atoms with Crippen LogP contribution in [0.15, 0.2) is 70.3 Å². The van der Waals surface area contributed by atoms with Gasteiger partial charge in [-0.2, -0.15) is 0 Å². The molecule has 6 heteroatoms. The normalized spacial score (nSPS) is 19.3. The van der Waals surface area contributed by atoms with E-state index in [0.717, 1.165) is 36.6 Å². The molecule has 0 bridgehead atoms. The predicted octanol–water partition coefficient (Wildman–Crippen LogP) is 5.35. The number of ether oxygens (including phenoxy) is 1. The van der Waals surface area contributed by atoms with Crippen molar-refractivity contribution in [2.24, 2.45) is 0 Å². The number of Topliss-reactive ketones (excluding diaryl/α,β-unsaturated/α-hetero) is 1. The first kappa shape index (κ1) is 20.4. The molecule has 0 saturated heterocycles. The van der Waals surface area contributed by atoms with Crippen molar-refractivity contribution in [3.8, 4) is 5.75 Å². The SMILES string of the molecule is CCOc1ccc(C2C(C(=O)c3cc4ccccc4o3)=C(O)C(=O)N2C2CCCC2)cc1. The lowest BCUT2D eigenvalue weighted by molar-refractivity contribution is -0.131. The summed E-state index contributed by atoms with van der Waals surface area (Å²) in [6, 6.07) is 15.7. The molecule has 1 N–H and O–H groups in total. The Morgan fingerprint density at radius 2 is 1.84 bits per heavy atom. The molecule has 2 aliphatic rings. The third kappa shape index (κ3) is 3.36. The summed E-state index contributed by atoms with van der Waals surface area (Å²) in [4.78, 5) is 28.4. The largest absolute Gasteiger partial charge is 0.503 e. The van der Waals surface area contributed by atoms with E-state index in [1.807, 2.05) is 49.4 Å². The number of benzene rings is 2. The first-order chi connectivity index (χ1) is 15.6. The van der Waals surface area contributed by atoms with Crippen molar-refractivity contribution in [3.05, 3.63) is 77.3 Å². The van der Waals surface area contributed by atoms with E-state index in [-0.39, 0.29) is 17.4 Å².